The van der Waals surface area contributed by atoms with Gasteiger partial charge in [-0.05, 0) is 30.2 Å². The zero-order chi connectivity index (χ0) is 18.5. The first-order chi connectivity index (χ1) is 13.3. The van der Waals surface area contributed by atoms with Crippen LogP contribution < -0.4 is 0 Å². The molecule has 0 bridgehead atoms. The van der Waals surface area contributed by atoms with Gasteiger partial charge in [-0.1, -0.05) is 30.3 Å². The highest BCUT2D eigenvalue weighted by Gasteiger charge is 2.23. The largest absolute Gasteiger partial charge is 0.335 e. The predicted molar refractivity (Wildman–Crippen MR) is 104 cm³/mol. The maximum absolute atomic E-state index is 12.8. The number of hydrogen-bond acceptors (Lipinski definition) is 4. The minimum atomic E-state index is -0.00767. The van der Waals surface area contributed by atoms with Crippen LogP contribution >= 0.6 is 0 Å². The molecule has 0 atom stereocenters. The Hall–Kier alpha value is -2.99. The molecule has 0 unspecified atom stereocenters. The van der Waals surface area contributed by atoms with Crippen molar-refractivity contribution >= 4 is 5.91 Å². The molecule has 3 heterocycles. The predicted octanol–water partition coefficient (Wildman–Crippen LogP) is 2.27. The van der Waals surface area contributed by atoms with Crippen LogP contribution in [-0.4, -0.2) is 63.2 Å². The third-order valence-electron chi connectivity index (χ3n) is 4.95. The van der Waals surface area contributed by atoms with Crippen LogP contribution in [0.1, 0.15) is 16.1 Å². The van der Waals surface area contributed by atoms with E-state index in [9.17, 15) is 4.79 Å². The van der Waals surface area contributed by atoms with Gasteiger partial charge >= 0.3 is 0 Å². The van der Waals surface area contributed by atoms with Crippen LogP contribution in [0.15, 0.2) is 67.1 Å². The van der Waals surface area contributed by atoms with Gasteiger partial charge in [0.15, 0.2) is 0 Å². The van der Waals surface area contributed by atoms with Crippen LogP contribution in [0.5, 0.6) is 0 Å². The van der Waals surface area contributed by atoms with Crippen LogP contribution in [0.2, 0.25) is 0 Å². The van der Waals surface area contributed by atoms with E-state index >= 15 is 0 Å². The average molecular weight is 361 g/mol. The van der Waals surface area contributed by atoms with Crippen molar-refractivity contribution in [2.45, 2.75) is 6.42 Å². The highest BCUT2D eigenvalue weighted by Crippen LogP contribution is 2.12. The van der Waals surface area contributed by atoms with E-state index in [1.165, 1.54) is 5.56 Å². The number of nitrogens with zero attached hydrogens (tertiary/aromatic N) is 5. The fraction of sp³-hybridized carbons (Fsp3) is 0.286. The number of carbonyl (C=O) groups excluding carboxylic acids is 1. The fourth-order valence-corrected chi connectivity index (χ4v) is 3.37. The quantitative estimate of drug-likeness (QED) is 0.700. The standard InChI is InChI=1S/C21H23N5O/c27-21(20-17-19(7-10-22-20)26-11-4-9-23-26)25-15-13-24(14-16-25)12-8-18-5-2-1-3-6-18/h1-7,9-11,17H,8,12-16H2. The molecule has 1 aliphatic heterocycles. The summed E-state index contributed by atoms with van der Waals surface area (Å²) in [4.78, 5) is 21.4. The molecular weight excluding hydrogens is 338 g/mol. The molecule has 1 fully saturated rings. The molecule has 0 radical (unpaired) electrons. The lowest BCUT2D eigenvalue weighted by atomic mass is 10.1. The van der Waals surface area contributed by atoms with Gasteiger partial charge in [-0.25, -0.2) is 4.68 Å². The SMILES string of the molecule is O=C(c1cc(-n2cccn2)ccn1)N1CCN(CCc2ccccc2)CC1. The van der Waals surface area contributed by atoms with Gasteiger partial charge in [0.05, 0.1) is 5.69 Å². The molecule has 4 rings (SSSR count). The Kier molecular flexibility index (Phi) is 5.25. The summed E-state index contributed by atoms with van der Waals surface area (Å²) in [6.07, 6.45) is 6.29. The van der Waals surface area contributed by atoms with E-state index in [1.54, 1.807) is 23.1 Å². The van der Waals surface area contributed by atoms with Crippen LogP contribution in [0, 0.1) is 0 Å². The van der Waals surface area contributed by atoms with Gasteiger partial charge in [0, 0.05) is 51.3 Å². The molecule has 3 aromatic rings. The molecule has 0 N–H and O–H groups in total. The second-order valence-electron chi connectivity index (χ2n) is 6.72. The molecule has 1 saturated heterocycles. The van der Waals surface area contributed by atoms with E-state index in [0.717, 1.165) is 44.8 Å². The number of carbonyl (C=O) groups is 1. The highest BCUT2D eigenvalue weighted by atomic mass is 16.2. The van der Waals surface area contributed by atoms with E-state index in [1.807, 2.05) is 29.3 Å². The number of hydrogen-bond donors (Lipinski definition) is 0. The second kappa shape index (κ2) is 8.14. The van der Waals surface area contributed by atoms with Crippen LogP contribution in [0.3, 0.4) is 0 Å². The van der Waals surface area contributed by atoms with Crippen LogP contribution in [-0.2, 0) is 6.42 Å². The summed E-state index contributed by atoms with van der Waals surface area (Å²) < 4.78 is 1.74. The zero-order valence-electron chi connectivity index (χ0n) is 15.2. The van der Waals surface area contributed by atoms with Crippen molar-refractivity contribution < 1.29 is 4.79 Å². The van der Waals surface area contributed by atoms with Gasteiger partial charge < -0.3 is 4.90 Å². The third-order valence-corrected chi connectivity index (χ3v) is 4.95. The van der Waals surface area contributed by atoms with Crippen molar-refractivity contribution in [3.63, 3.8) is 0 Å². The van der Waals surface area contributed by atoms with E-state index in [2.05, 4.69) is 39.2 Å². The molecule has 138 valence electrons. The maximum Gasteiger partial charge on any atom is 0.272 e. The van der Waals surface area contributed by atoms with Gasteiger partial charge in [0.25, 0.3) is 5.91 Å². The zero-order valence-corrected chi connectivity index (χ0v) is 15.2. The molecule has 1 amide bonds. The third kappa shape index (κ3) is 4.23. The van der Waals surface area contributed by atoms with Crippen molar-refractivity contribution in [1.82, 2.24) is 24.6 Å². The van der Waals surface area contributed by atoms with Gasteiger partial charge in [-0.15, -0.1) is 0 Å². The van der Waals surface area contributed by atoms with E-state index in [0.29, 0.717) is 5.69 Å². The van der Waals surface area contributed by atoms with Crippen molar-refractivity contribution in [3.8, 4) is 5.69 Å². The highest BCUT2D eigenvalue weighted by molar-refractivity contribution is 5.92. The molecule has 2 aromatic heterocycles. The minimum Gasteiger partial charge on any atom is -0.335 e. The van der Waals surface area contributed by atoms with Gasteiger partial charge in [0.2, 0.25) is 0 Å². The normalized spacial score (nSPS) is 15.0. The molecule has 0 aliphatic carbocycles. The Labute approximate surface area is 159 Å². The summed E-state index contributed by atoms with van der Waals surface area (Å²) in [5.74, 6) is -0.00767. The first-order valence-electron chi connectivity index (χ1n) is 9.31. The summed E-state index contributed by atoms with van der Waals surface area (Å²) in [5, 5.41) is 4.21. The number of aromatic nitrogens is 3. The van der Waals surface area contributed by atoms with Crippen molar-refractivity contribution in [2.75, 3.05) is 32.7 Å². The van der Waals surface area contributed by atoms with E-state index in [4.69, 9.17) is 0 Å². The average Bonchev–Trinajstić information content (AvgIpc) is 3.28. The molecule has 6 heteroatoms. The summed E-state index contributed by atoms with van der Waals surface area (Å²) in [6.45, 7) is 4.30. The summed E-state index contributed by atoms with van der Waals surface area (Å²) in [7, 11) is 0. The van der Waals surface area contributed by atoms with Gasteiger partial charge in [-0.3, -0.25) is 14.7 Å². The smallest absolute Gasteiger partial charge is 0.272 e. The number of rotatable bonds is 5. The Balaban J connectivity index is 1.33. The molecular formula is C21H23N5O. The number of benzene rings is 1. The van der Waals surface area contributed by atoms with Crippen LogP contribution in [0.25, 0.3) is 5.69 Å². The first kappa shape index (κ1) is 17.4. The first-order valence-corrected chi connectivity index (χ1v) is 9.31. The Morgan fingerprint density at radius 1 is 0.963 bits per heavy atom. The number of pyridine rings is 1. The maximum atomic E-state index is 12.8. The second-order valence-corrected chi connectivity index (χ2v) is 6.72. The lowest BCUT2D eigenvalue weighted by molar-refractivity contribution is 0.0632. The van der Waals surface area contributed by atoms with Gasteiger partial charge in [-0.2, -0.15) is 5.10 Å². The molecule has 6 nitrogen and oxygen atoms in total. The minimum absolute atomic E-state index is 0.00767. The lowest BCUT2D eigenvalue weighted by Crippen LogP contribution is -2.49. The number of piperazine rings is 1. The fourth-order valence-electron chi connectivity index (χ4n) is 3.37. The molecule has 27 heavy (non-hydrogen) atoms. The van der Waals surface area contributed by atoms with Crippen molar-refractivity contribution in [3.05, 3.63) is 78.4 Å². The summed E-state index contributed by atoms with van der Waals surface area (Å²) in [6, 6.07) is 16.0. The Morgan fingerprint density at radius 3 is 2.52 bits per heavy atom. The molecule has 0 spiro atoms. The summed E-state index contributed by atoms with van der Waals surface area (Å²) in [5.41, 5.74) is 2.68. The van der Waals surface area contributed by atoms with Crippen molar-refractivity contribution in [1.29, 1.82) is 0 Å². The molecule has 1 aliphatic rings. The summed E-state index contributed by atoms with van der Waals surface area (Å²) >= 11 is 0. The van der Waals surface area contributed by atoms with Crippen LogP contribution in [0.4, 0.5) is 0 Å². The van der Waals surface area contributed by atoms with E-state index in [-0.39, 0.29) is 5.91 Å². The lowest BCUT2D eigenvalue weighted by Gasteiger charge is -2.34. The Morgan fingerprint density at radius 2 is 1.78 bits per heavy atom. The Bertz CT molecular complexity index is 871. The van der Waals surface area contributed by atoms with Crippen molar-refractivity contribution in [2.24, 2.45) is 0 Å². The monoisotopic (exact) mass is 361 g/mol. The molecule has 0 saturated carbocycles. The molecule has 1 aromatic carbocycles. The van der Waals surface area contributed by atoms with Gasteiger partial charge in [0.1, 0.15) is 5.69 Å². The van der Waals surface area contributed by atoms with E-state index < -0.39 is 0 Å². The topological polar surface area (TPSA) is 54.3 Å². The number of amides is 1.